The smallest absolute Gasteiger partial charge is 0.414 e. The number of rotatable bonds is 3. The van der Waals surface area contributed by atoms with Crippen LogP contribution in [0.4, 0.5) is 26.4 Å². The normalized spacial score (nSPS) is 25.1. The largest absolute Gasteiger partial charge is 0.447 e. The van der Waals surface area contributed by atoms with E-state index in [0.29, 0.717) is 29.2 Å². The van der Waals surface area contributed by atoms with Crippen LogP contribution in [-0.2, 0) is 9.53 Å². The van der Waals surface area contributed by atoms with Crippen molar-refractivity contribution in [2.45, 2.75) is 25.6 Å². The lowest BCUT2D eigenvalue weighted by molar-refractivity contribution is -0.117. The minimum Gasteiger partial charge on any atom is -0.447 e. The van der Waals surface area contributed by atoms with Crippen LogP contribution >= 0.6 is 0 Å². The Kier molecular flexibility index (Phi) is 3.48. The molecule has 0 radical (unpaired) electrons. The molecule has 25 heavy (non-hydrogen) atoms. The quantitative estimate of drug-likeness (QED) is 0.834. The molecule has 0 spiro atoms. The van der Waals surface area contributed by atoms with Crippen LogP contribution in [0, 0.1) is 5.92 Å². The first-order valence-electron chi connectivity index (χ1n) is 8.04. The van der Waals surface area contributed by atoms with Crippen molar-refractivity contribution in [2.24, 2.45) is 5.92 Å². The Balaban J connectivity index is 1.68. The van der Waals surface area contributed by atoms with Gasteiger partial charge in [-0.15, -0.1) is 0 Å². The number of nitrogen functional groups attached to an aromatic ring is 1. The molecule has 1 aliphatic carbocycles. The fraction of sp³-hybridized carbons (Fsp3) is 0.353. The molecule has 2 unspecified atom stereocenters. The van der Waals surface area contributed by atoms with E-state index in [4.69, 9.17) is 10.5 Å². The number of nitrogens with two attached hydrogens (primary N) is 1. The van der Waals surface area contributed by atoms with E-state index in [1.54, 1.807) is 24.4 Å². The summed E-state index contributed by atoms with van der Waals surface area (Å²) in [7, 11) is 0. The van der Waals surface area contributed by atoms with Gasteiger partial charge in [0.1, 0.15) is 18.6 Å². The van der Waals surface area contributed by atoms with Gasteiger partial charge in [-0.3, -0.25) is 9.69 Å². The number of carbonyl (C=O) groups is 2. The second-order valence-corrected chi connectivity index (χ2v) is 6.47. The highest BCUT2D eigenvalue weighted by Crippen LogP contribution is 2.35. The monoisotopic (exact) mass is 344 g/mol. The van der Waals surface area contributed by atoms with Gasteiger partial charge in [0.15, 0.2) is 0 Å². The summed E-state index contributed by atoms with van der Waals surface area (Å²) in [5.74, 6) is -0.639. The van der Waals surface area contributed by atoms with Crippen molar-refractivity contribution in [1.29, 1.82) is 0 Å². The van der Waals surface area contributed by atoms with Crippen molar-refractivity contribution in [1.82, 2.24) is 4.98 Å². The maximum atomic E-state index is 13.0. The molecule has 2 aliphatic rings. The Labute approximate surface area is 142 Å². The van der Waals surface area contributed by atoms with Crippen molar-refractivity contribution < 1.29 is 18.7 Å². The summed E-state index contributed by atoms with van der Waals surface area (Å²) in [5, 5.41) is 4.04. The summed E-state index contributed by atoms with van der Waals surface area (Å²) in [6, 6.07) is 5.06. The van der Waals surface area contributed by atoms with Gasteiger partial charge in [0.25, 0.3) is 0 Å². The zero-order valence-corrected chi connectivity index (χ0v) is 13.5. The molecule has 1 aromatic heterocycles. The molecule has 1 saturated heterocycles. The summed E-state index contributed by atoms with van der Waals surface area (Å²) in [6.07, 6.45) is 0.322. The molecule has 0 bridgehead atoms. The lowest BCUT2D eigenvalue weighted by Crippen LogP contribution is -2.30. The predicted molar refractivity (Wildman–Crippen MR) is 91.1 cm³/mol. The van der Waals surface area contributed by atoms with Crippen molar-refractivity contribution in [2.75, 3.05) is 22.6 Å². The predicted octanol–water partition coefficient (Wildman–Crippen LogP) is 2.46. The van der Waals surface area contributed by atoms with E-state index in [9.17, 15) is 14.0 Å². The SMILES string of the molecule is C[C@@H]1COC(=O)N1c1cc(N)c2cnc(NC(=O)C3CC3F)cc2c1. The number of cyclic esters (lactones) is 1. The van der Waals surface area contributed by atoms with Gasteiger partial charge in [-0.2, -0.15) is 0 Å². The summed E-state index contributed by atoms with van der Waals surface area (Å²) < 4.78 is 18.0. The van der Waals surface area contributed by atoms with E-state index >= 15 is 0 Å². The number of nitrogens with zero attached hydrogens (tertiary/aromatic N) is 2. The van der Waals surface area contributed by atoms with Crippen LogP contribution in [-0.4, -0.2) is 35.8 Å². The molecule has 1 aromatic carbocycles. The van der Waals surface area contributed by atoms with E-state index < -0.39 is 18.2 Å². The number of benzene rings is 1. The van der Waals surface area contributed by atoms with Gasteiger partial charge < -0.3 is 15.8 Å². The Morgan fingerprint density at radius 2 is 2.20 bits per heavy atom. The molecule has 2 amide bonds. The fourth-order valence-electron chi connectivity index (χ4n) is 3.01. The van der Waals surface area contributed by atoms with Gasteiger partial charge in [0.2, 0.25) is 5.91 Å². The van der Waals surface area contributed by atoms with Crippen LogP contribution in [0.5, 0.6) is 0 Å². The Morgan fingerprint density at radius 1 is 1.44 bits per heavy atom. The Bertz CT molecular complexity index is 888. The molecule has 7 nitrogen and oxygen atoms in total. The van der Waals surface area contributed by atoms with E-state index in [1.807, 2.05) is 6.92 Å². The molecule has 2 aromatic rings. The standard InChI is InChI=1S/C17H17FN4O3/c1-8-7-25-17(24)22(8)10-2-9-3-15(20-6-12(9)14(19)4-10)21-16(23)11-5-13(11)18/h2-4,6,8,11,13H,5,7,19H2,1H3,(H,20,21,23)/t8-,11?,13?/m1/s1. The summed E-state index contributed by atoms with van der Waals surface area (Å²) >= 11 is 0. The molecule has 1 aliphatic heterocycles. The number of carbonyl (C=O) groups excluding carboxylic acids is 2. The fourth-order valence-corrected chi connectivity index (χ4v) is 3.01. The van der Waals surface area contributed by atoms with Crippen LogP contribution in [0.2, 0.25) is 0 Å². The highest BCUT2D eigenvalue weighted by atomic mass is 19.1. The maximum absolute atomic E-state index is 13.0. The van der Waals surface area contributed by atoms with Gasteiger partial charge >= 0.3 is 6.09 Å². The minimum absolute atomic E-state index is 0.0956. The molecule has 130 valence electrons. The number of aromatic nitrogens is 1. The average Bonchev–Trinajstić information content (AvgIpc) is 3.20. The number of pyridine rings is 1. The van der Waals surface area contributed by atoms with Gasteiger partial charge in [-0.1, -0.05) is 0 Å². The number of fused-ring (bicyclic) bond motifs is 1. The highest BCUT2D eigenvalue weighted by Gasteiger charge is 2.43. The molecule has 1 saturated carbocycles. The summed E-state index contributed by atoms with van der Waals surface area (Å²) in [4.78, 5) is 29.5. The zero-order valence-electron chi connectivity index (χ0n) is 13.5. The Hall–Kier alpha value is -2.90. The zero-order chi connectivity index (χ0) is 17.7. The number of anilines is 3. The number of nitrogens with one attached hydrogen (secondary N) is 1. The molecule has 4 rings (SSSR count). The average molecular weight is 344 g/mol. The van der Waals surface area contributed by atoms with Crippen LogP contribution in [0.25, 0.3) is 10.8 Å². The summed E-state index contributed by atoms with van der Waals surface area (Å²) in [6.45, 7) is 2.20. The maximum Gasteiger partial charge on any atom is 0.414 e. The molecule has 8 heteroatoms. The second kappa shape index (κ2) is 5.58. The second-order valence-electron chi connectivity index (χ2n) is 6.47. The van der Waals surface area contributed by atoms with Crippen LogP contribution in [0.3, 0.4) is 0 Å². The number of halogens is 1. The van der Waals surface area contributed by atoms with Gasteiger partial charge in [-0.25, -0.2) is 14.2 Å². The van der Waals surface area contributed by atoms with Crippen molar-refractivity contribution in [3.63, 3.8) is 0 Å². The lowest BCUT2D eigenvalue weighted by Gasteiger charge is -2.19. The molecule has 2 heterocycles. The molecular weight excluding hydrogens is 327 g/mol. The van der Waals surface area contributed by atoms with Crippen LogP contribution in [0.1, 0.15) is 13.3 Å². The van der Waals surface area contributed by atoms with E-state index in [2.05, 4.69) is 10.3 Å². The molecular formula is C17H17FN4O3. The molecule has 3 atom stereocenters. The number of ether oxygens (including phenoxy) is 1. The first kappa shape index (κ1) is 15.6. The van der Waals surface area contributed by atoms with Crippen molar-refractivity contribution >= 4 is 40.0 Å². The lowest BCUT2D eigenvalue weighted by atomic mass is 10.1. The first-order chi connectivity index (χ1) is 11.9. The number of amides is 2. The van der Waals surface area contributed by atoms with E-state index in [1.165, 1.54) is 4.90 Å². The van der Waals surface area contributed by atoms with Crippen LogP contribution in [0.15, 0.2) is 24.4 Å². The Morgan fingerprint density at radius 3 is 2.84 bits per heavy atom. The van der Waals surface area contributed by atoms with Crippen molar-refractivity contribution in [3.8, 4) is 0 Å². The highest BCUT2D eigenvalue weighted by molar-refractivity contribution is 6.02. The third kappa shape index (κ3) is 2.73. The number of hydrogen-bond donors (Lipinski definition) is 2. The topological polar surface area (TPSA) is 97.6 Å². The third-order valence-electron chi connectivity index (χ3n) is 4.52. The number of hydrogen-bond acceptors (Lipinski definition) is 5. The summed E-state index contributed by atoms with van der Waals surface area (Å²) in [5.41, 5.74) is 7.18. The van der Waals surface area contributed by atoms with Gasteiger partial charge in [-0.05, 0) is 36.9 Å². The van der Waals surface area contributed by atoms with Crippen molar-refractivity contribution in [3.05, 3.63) is 24.4 Å². The minimum atomic E-state index is -1.06. The van der Waals surface area contributed by atoms with Gasteiger partial charge in [0, 0.05) is 17.3 Å². The third-order valence-corrected chi connectivity index (χ3v) is 4.52. The van der Waals surface area contributed by atoms with E-state index in [0.717, 1.165) is 5.39 Å². The molecule has 3 N–H and O–H groups in total. The molecule has 2 fully saturated rings. The van der Waals surface area contributed by atoms with E-state index in [-0.39, 0.29) is 18.4 Å². The van der Waals surface area contributed by atoms with Crippen LogP contribution < -0.4 is 16.0 Å². The first-order valence-corrected chi connectivity index (χ1v) is 8.04. The number of alkyl halides is 1. The van der Waals surface area contributed by atoms with Gasteiger partial charge in [0.05, 0.1) is 17.6 Å².